The second kappa shape index (κ2) is 12.6. The predicted molar refractivity (Wildman–Crippen MR) is 141 cm³/mol. The highest BCUT2D eigenvalue weighted by atomic mass is 35.5. The lowest BCUT2D eigenvalue weighted by molar-refractivity contribution is -0.123. The first-order valence-electron chi connectivity index (χ1n) is 10.8. The van der Waals surface area contributed by atoms with Crippen LogP contribution < -0.4 is 15.5 Å². The number of ether oxygens (including phenoxy) is 1. The zero-order chi connectivity index (χ0) is 25.4. The Bertz CT molecular complexity index is 1210. The molecule has 6 nitrogen and oxygen atoms in total. The Balaban J connectivity index is 1.63. The third kappa shape index (κ3) is 7.72. The smallest absolute Gasteiger partial charge is 0.262 e. The number of benzene rings is 3. The van der Waals surface area contributed by atoms with Gasteiger partial charge in [-0.25, -0.2) is 5.43 Å². The van der Waals surface area contributed by atoms with Crippen LogP contribution in [0.3, 0.4) is 0 Å². The Labute approximate surface area is 219 Å². The first-order chi connectivity index (χ1) is 16.7. The van der Waals surface area contributed by atoms with Crippen molar-refractivity contribution < 1.29 is 14.3 Å². The molecule has 1 unspecified atom stereocenters. The number of amides is 2. The predicted octanol–water partition coefficient (Wildman–Crippen LogP) is 6.13. The van der Waals surface area contributed by atoms with Gasteiger partial charge in [-0.3, -0.25) is 9.59 Å². The van der Waals surface area contributed by atoms with Crippen molar-refractivity contribution in [1.29, 1.82) is 0 Å². The van der Waals surface area contributed by atoms with E-state index in [4.69, 9.17) is 39.5 Å². The molecule has 0 saturated carbocycles. The summed E-state index contributed by atoms with van der Waals surface area (Å²) >= 11 is 17.9. The summed E-state index contributed by atoms with van der Waals surface area (Å²) in [4.78, 5) is 25.4. The van der Waals surface area contributed by atoms with Gasteiger partial charge >= 0.3 is 0 Å². The number of carbonyl (C=O) groups is 2. The van der Waals surface area contributed by atoms with Crippen LogP contribution in [0.2, 0.25) is 15.1 Å². The minimum atomic E-state index is -0.831. The normalized spacial score (nSPS) is 11.9. The van der Waals surface area contributed by atoms with E-state index in [2.05, 4.69) is 15.8 Å². The van der Waals surface area contributed by atoms with Gasteiger partial charge in [0.1, 0.15) is 18.4 Å². The van der Waals surface area contributed by atoms with E-state index in [0.717, 1.165) is 5.56 Å². The van der Waals surface area contributed by atoms with Crippen LogP contribution >= 0.6 is 34.8 Å². The van der Waals surface area contributed by atoms with E-state index >= 15 is 0 Å². The van der Waals surface area contributed by atoms with E-state index < -0.39 is 17.9 Å². The van der Waals surface area contributed by atoms with Gasteiger partial charge in [0, 0.05) is 15.6 Å². The molecule has 2 amide bonds. The summed E-state index contributed by atoms with van der Waals surface area (Å²) in [6.45, 7) is 3.98. The lowest BCUT2D eigenvalue weighted by Crippen LogP contribution is -2.48. The zero-order valence-electron chi connectivity index (χ0n) is 19.1. The lowest BCUT2D eigenvalue weighted by Gasteiger charge is -2.20. The Morgan fingerprint density at radius 2 is 1.66 bits per heavy atom. The van der Waals surface area contributed by atoms with E-state index in [1.165, 1.54) is 18.3 Å². The first kappa shape index (κ1) is 26.5. The molecule has 0 fully saturated rings. The van der Waals surface area contributed by atoms with Gasteiger partial charge in [-0.05, 0) is 53.9 Å². The van der Waals surface area contributed by atoms with Gasteiger partial charge in [-0.2, -0.15) is 5.10 Å². The molecule has 2 N–H and O–H groups in total. The Hall–Kier alpha value is -3.06. The molecule has 35 heavy (non-hydrogen) atoms. The molecule has 0 spiro atoms. The molecule has 0 aliphatic rings. The molecule has 0 radical (unpaired) electrons. The highest BCUT2D eigenvalue weighted by Gasteiger charge is 2.25. The summed E-state index contributed by atoms with van der Waals surface area (Å²) in [6.07, 6.45) is 1.49. The molecule has 9 heteroatoms. The molecule has 0 aliphatic heterocycles. The van der Waals surface area contributed by atoms with Crippen LogP contribution in [0, 0.1) is 5.92 Å². The van der Waals surface area contributed by atoms with Crippen molar-refractivity contribution in [3.05, 3.63) is 98.5 Å². The van der Waals surface area contributed by atoms with Crippen molar-refractivity contribution in [3.63, 3.8) is 0 Å². The molecule has 0 aliphatic carbocycles. The van der Waals surface area contributed by atoms with Crippen molar-refractivity contribution in [1.82, 2.24) is 10.7 Å². The summed E-state index contributed by atoms with van der Waals surface area (Å²) in [5, 5.41) is 8.04. The van der Waals surface area contributed by atoms with Gasteiger partial charge < -0.3 is 10.1 Å². The number of hydrogen-bond acceptors (Lipinski definition) is 4. The summed E-state index contributed by atoms with van der Waals surface area (Å²) < 4.78 is 5.90. The van der Waals surface area contributed by atoms with E-state index in [9.17, 15) is 9.59 Å². The maximum atomic E-state index is 12.8. The van der Waals surface area contributed by atoms with E-state index in [1.807, 2.05) is 50.2 Å². The topological polar surface area (TPSA) is 79.8 Å². The van der Waals surface area contributed by atoms with Gasteiger partial charge in [-0.15, -0.1) is 0 Å². The molecule has 0 saturated heterocycles. The van der Waals surface area contributed by atoms with Gasteiger partial charge in [0.25, 0.3) is 11.8 Å². The summed E-state index contributed by atoms with van der Waals surface area (Å²) in [5.41, 5.74) is 4.36. The van der Waals surface area contributed by atoms with Gasteiger partial charge in [0.15, 0.2) is 0 Å². The molecule has 182 valence electrons. The maximum Gasteiger partial charge on any atom is 0.262 e. The average Bonchev–Trinajstić information content (AvgIpc) is 2.82. The van der Waals surface area contributed by atoms with Crippen LogP contribution in [-0.2, 0) is 11.4 Å². The molecule has 3 aromatic carbocycles. The average molecular weight is 533 g/mol. The fourth-order valence-corrected chi connectivity index (χ4v) is 3.74. The monoisotopic (exact) mass is 531 g/mol. The first-order valence-corrected chi connectivity index (χ1v) is 11.9. The van der Waals surface area contributed by atoms with Crippen LogP contribution in [0.4, 0.5) is 0 Å². The number of para-hydroxylation sites is 1. The number of carbonyl (C=O) groups excluding carboxylic acids is 2. The van der Waals surface area contributed by atoms with Crippen LogP contribution in [0.5, 0.6) is 5.75 Å². The molecular formula is C26H24Cl3N3O3. The third-order valence-electron chi connectivity index (χ3n) is 5.02. The number of hydrazone groups is 1. The molecule has 0 bridgehead atoms. The number of hydrogen-bond donors (Lipinski definition) is 2. The largest absolute Gasteiger partial charge is 0.488 e. The second-order valence-corrected chi connectivity index (χ2v) is 9.29. The Morgan fingerprint density at radius 1 is 0.971 bits per heavy atom. The molecule has 3 aromatic rings. The van der Waals surface area contributed by atoms with Crippen LogP contribution in [0.1, 0.15) is 35.3 Å². The highest BCUT2D eigenvalue weighted by Crippen LogP contribution is 2.21. The number of nitrogens with one attached hydrogen (secondary N) is 2. The second-order valence-electron chi connectivity index (χ2n) is 8.01. The Kier molecular flexibility index (Phi) is 9.55. The minimum Gasteiger partial charge on any atom is -0.488 e. The van der Waals surface area contributed by atoms with Crippen LogP contribution in [0.15, 0.2) is 71.8 Å². The third-order valence-corrected chi connectivity index (χ3v) is 5.82. The molecule has 0 heterocycles. The minimum absolute atomic E-state index is 0.199. The van der Waals surface area contributed by atoms with Crippen LogP contribution in [0.25, 0.3) is 0 Å². The fraction of sp³-hybridized carbons (Fsp3) is 0.192. The standard InChI is InChI=1S/C26H24Cl3N3O3/c1-16(2)24(31-25(33)21-12-11-20(28)13-22(21)29)26(34)32-30-14-18-5-3-4-6-23(18)35-15-17-7-9-19(27)10-8-17/h3-14,16,24H,15H2,1-2H3,(H,31,33)(H,32,34). The van der Waals surface area contributed by atoms with E-state index in [0.29, 0.717) is 28.0 Å². The van der Waals surface area contributed by atoms with Crippen molar-refractivity contribution >= 4 is 52.8 Å². The fourth-order valence-electron chi connectivity index (χ4n) is 3.12. The van der Waals surface area contributed by atoms with Gasteiger partial charge in [0.05, 0.1) is 16.8 Å². The number of nitrogens with zero attached hydrogens (tertiary/aromatic N) is 1. The number of rotatable bonds is 9. The van der Waals surface area contributed by atoms with E-state index in [-0.39, 0.29) is 16.5 Å². The molecule has 3 rings (SSSR count). The lowest BCUT2D eigenvalue weighted by atomic mass is 10.0. The molecule has 0 aromatic heterocycles. The van der Waals surface area contributed by atoms with Crippen molar-refractivity contribution in [3.8, 4) is 5.75 Å². The van der Waals surface area contributed by atoms with Crippen molar-refractivity contribution in [2.75, 3.05) is 0 Å². The summed E-state index contributed by atoms with van der Waals surface area (Å²) in [7, 11) is 0. The zero-order valence-corrected chi connectivity index (χ0v) is 21.4. The summed E-state index contributed by atoms with van der Waals surface area (Å²) in [5.74, 6) is -0.540. The van der Waals surface area contributed by atoms with Gasteiger partial charge in [0.2, 0.25) is 0 Å². The molecular weight excluding hydrogens is 509 g/mol. The Morgan fingerprint density at radius 3 is 2.34 bits per heavy atom. The molecule has 1 atom stereocenters. The number of halogens is 3. The van der Waals surface area contributed by atoms with Crippen molar-refractivity contribution in [2.24, 2.45) is 11.0 Å². The quantitative estimate of drug-likeness (QED) is 0.257. The van der Waals surface area contributed by atoms with Crippen molar-refractivity contribution in [2.45, 2.75) is 26.5 Å². The highest BCUT2D eigenvalue weighted by molar-refractivity contribution is 6.36. The van der Waals surface area contributed by atoms with Crippen LogP contribution in [-0.4, -0.2) is 24.1 Å². The maximum absolute atomic E-state index is 12.8. The van der Waals surface area contributed by atoms with E-state index in [1.54, 1.807) is 18.2 Å². The van der Waals surface area contributed by atoms with Gasteiger partial charge in [-0.1, -0.05) is 72.9 Å². The summed E-state index contributed by atoms with van der Waals surface area (Å²) in [6, 6.07) is 18.4. The SMILES string of the molecule is CC(C)C(NC(=O)c1ccc(Cl)cc1Cl)C(=O)NN=Cc1ccccc1OCc1ccc(Cl)cc1.